The van der Waals surface area contributed by atoms with Crippen LogP contribution >= 0.6 is 11.8 Å². The fourth-order valence-electron chi connectivity index (χ4n) is 2.77. The normalized spacial score (nSPS) is 22.9. The maximum Gasteiger partial charge on any atom is 0.224 e. The van der Waals surface area contributed by atoms with Gasteiger partial charge in [-0.3, -0.25) is 4.79 Å². The maximum atomic E-state index is 11.5. The SMILES string of the molecule is CC1CSCCN1c1cc2c(cc1N)CCC(=O)N2. The van der Waals surface area contributed by atoms with Gasteiger partial charge < -0.3 is 16.0 Å². The Morgan fingerprint density at radius 3 is 3.05 bits per heavy atom. The number of anilines is 3. The van der Waals surface area contributed by atoms with Crippen LogP contribution < -0.4 is 16.0 Å². The largest absolute Gasteiger partial charge is 0.397 e. The van der Waals surface area contributed by atoms with Crippen LogP contribution in [-0.2, 0) is 11.2 Å². The van der Waals surface area contributed by atoms with Crippen molar-refractivity contribution in [2.45, 2.75) is 25.8 Å². The summed E-state index contributed by atoms with van der Waals surface area (Å²) in [6.07, 6.45) is 1.35. The summed E-state index contributed by atoms with van der Waals surface area (Å²) < 4.78 is 0. The second-order valence-corrected chi connectivity index (χ2v) is 6.38. The standard InChI is InChI=1S/C14H19N3OS/c1-9-8-19-5-4-17(9)13-7-12-10(6-11(13)15)2-3-14(18)16-12/h6-7,9H,2-5,8,15H2,1H3,(H,16,18). The first-order valence-electron chi connectivity index (χ1n) is 6.72. The van der Waals surface area contributed by atoms with Gasteiger partial charge in [0.2, 0.25) is 5.91 Å². The topological polar surface area (TPSA) is 58.4 Å². The second kappa shape index (κ2) is 4.96. The average molecular weight is 277 g/mol. The number of thioether (sulfide) groups is 1. The number of fused-ring (bicyclic) bond motifs is 1. The molecule has 3 N–H and O–H groups in total. The van der Waals surface area contributed by atoms with E-state index in [-0.39, 0.29) is 5.91 Å². The highest BCUT2D eigenvalue weighted by Gasteiger charge is 2.23. The van der Waals surface area contributed by atoms with Gasteiger partial charge in [0, 0.05) is 36.2 Å². The van der Waals surface area contributed by atoms with Gasteiger partial charge in [-0.1, -0.05) is 0 Å². The minimum atomic E-state index is 0.102. The molecule has 102 valence electrons. The monoisotopic (exact) mass is 277 g/mol. The highest BCUT2D eigenvalue weighted by Crippen LogP contribution is 2.35. The average Bonchev–Trinajstić information content (AvgIpc) is 2.39. The van der Waals surface area contributed by atoms with Crippen LogP contribution in [0.4, 0.5) is 17.1 Å². The van der Waals surface area contributed by atoms with E-state index in [1.165, 1.54) is 0 Å². The molecule has 4 nitrogen and oxygen atoms in total. The summed E-state index contributed by atoms with van der Waals surface area (Å²) in [5, 5.41) is 2.96. The van der Waals surface area contributed by atoms with Gasteiger partial charge >= 0.3 is 0 Å². The van der Waals surface area contributed by atoms with Gasteiger partial charge in [0.05, 0.1) is 11.4 Å². The number of carbonyl (C=O) groups excluding carboxylic acids is 1. The van der Waals surface area contributed by atoms with Crippen LogP contribution in [0.2, 0.25) is 0 Å². The second-order valence-electron chi connectivity index (χ2n) is 5.23. The van der Waals surface area contributed by atoms with Crippen molar-refractivity contribution in [3.05, 3.63) is 17.7 Å². The molecule has 0 aromatic heterocycles. The molecular formula is C14H19N3OS. The third kappa shape index (κ3) is 2.39. The first-order chi connectivity index (χ1) is 9.15. The molecule has 2 aliphatic heterocycles. The first-order valence-corrected chi connectivity index (χ1v) is 7.87. The Bertz CT molecular complexity index is 518. The molecule has 1 atom stereocenters. The Morgan fingerprint density at radius 1 is 1.42 bits per heavy atom. The predicted octanol–water partition coefficient (Wildman–Crippen LogP) is 2.10. The highest BCUT2D eigenvalue weighted by molar-refractivity contribution is 7.99. The molecule has 0 saturated carbocycles. The predicted molar refractivity (Wildman–Crippen MR) is 81.9 cm³/mol. The Balaban J connectivity index is 1.97. The van der Waals surface area contributed by atoms with Gasteiger partial charge in [-0.15, -0.1) is 0 Å². The Morgan fingerprint density at radius 2 is 2.26 bits per heavy atom. The van der Waals surface area contributed by atoms with E-state index in [1.54, 1.807) is 0 Å². The molecular weight excluding hydrogens is 258 g/mol. The number of nitrogens with one attached hydrogen (secondary N) is 1. The van der Waals surface area contributed by atoms with E-state index in [1.807, 2.05) is 23.9 Å². The van der Waals surface area contributed by atoms with Crippen molar-refractivity contribution in [2.24, 2.45) is 0 Å². The number of hydrogen-bond acceptors (Lipinski definition) is 4. The van der Waals surface area contributed by atoms with Gasteiger partial charge in [0.15, 0.2) is 0 Å². The van der Waals surface area contributed by atoms with E-state index in [9.17, 15) is 4.79 Å². The van der Waals surface area contributed by atoms with Crippen LogP contribution in [0.3, 0.4) is 0 Å². The molecule has 1 fully saturated rings. The lowest BCUT2D eigenvalue weighted by molar-refractivity contribution is -0.116. The molecule has 5 heteroatoms. The molecule has 1 saturated heterocycles. The molecule has 0 spiro atoms. The molecule has 0 aliphatic carbocycles. The van der Waals surface area contributed by atoms with Crippen LogP contribution in [-0.4, -0.2) is 30.0 Å². The molecule has 1 amide bonds. The summed E-state index contributed by atoms with van der Waals surface area (Å²) >= 11 is 1.98. The number of nitrogens with two attached hydrogens (primary N) is 1. The van der Waals surface area contributed by atoms with Crippen LogP contribution in [0, 0.1) is 0 Å². The van der Waals surface area contributed by atoms with Crippen molar-refractivity contribution in [2.75, 3.05) is 34.0 Å². The first kappa shape index (κ1) is 12.7. The summed E-state index contributed by atoms with van der Waals surface area (Å²) in [7, 11) is 0. The summed E-state index contributed by atoms with van der Waals surface area (Å²) in [6, 6.07) is 4.56. The summed E-state index contributed by atoms with van der Waals surface area (Å²) in [4.78, 5) is 13.9. The van der Waals surface area contributed by atoms with Crippen LogP contribution in [0.5, 0.6) is 0 Å². The quantitative estimate of drug-likeness (QED) is 0.772. The third-order valence-corrected chi connectivity index (χ3v) is 5.01. The van der Waals surface area contributed by atoms with Crippen molar-refractivity contribution >= 4 is 34.7 Å². The van der Waals surface area contributed by atoms with Gasteiger partial charge in [0.25, 0.3) is 0 Å². The Hall–Kier alpha value is -1.36. The fraction of sp³-hybridized carbons (Fsp3) is 0.500. The number of carbonyl (C=O) groups is 1. The van der Waals surface area contributed by atoms with E-state index in [0.717, 1.165) is 47.1 Å². The van der Waals surface area contributed by atoms with Crippen molar-refractivity contribution in [3.8, 4) is 0 Å². The number of hydrogen-bond donors (Lipinski definition) is 2. The zero-order valence-electron chi connectivity index (χ0n) is 11.1. The lowest BCUT2D eigenvalue weighted by atomic mass is 10.0. The van der Waals surface area contributed by atoms with Crippen LogP contribution in [0.25, 0.3) is 0 Å². The van der Waals surface area contributed by atoms with E-state index >= 15 is 0 Å². The molecule has 0 bridgehead atoms. The molecule has 3 rings (SSSR count). The van der Waals surface area contributed by atoms with Gasteiger partial charge in [-0.25, -0.2) is 0 Å². The van der Waals surface area contributed by atoms with E-state index in [4.69, 9.17) is 5.73 Å². The van der Waals surface area contributed by atoms with Gasteiger partial charge in [0.1, 0.15) is 0 Å². The smallest absolute Gasteiger partial charge is 0.224 e. The zero-order valence-corrected chi connectivity index (χ0v) is 11.9. The van der Waals surface area contributed by atoms with Crippen molar-refractivity contribution < 1.29 is 4.79 Å². The number of nitrogens with zero attached hydrogens (tertiary/aromatic N) is 1. The Labute approximate surface area is 117 Å². The minimum absolute atomic E-state index is 0.102. The molecule has 0 radical (unpaired) electrons. The lowest BCUT2D eigenvalue weighted by Gasteiger charge is -2.36. The van der Waals surface area contributed by atoms with Crippen LogP contribution in [0.15, 0.2) is 12.1 Å². The van der Waals surface area contributed by atoms with Crippen LogP contribution in [0.1, 0.15) is 18.9 Å². The van der Waals surface area contributed by atoms with E-state index in [0.29, 0.717) is 12.5 Å². The third-order valence-electron chi connectivity index (χ3n) is 3.83. The number of rotatable bonds is 1. The number of benzene rings is 1. The fourth-order valence-corrected chi connectivity index (χ4v) is 3.78. The molecule has 2 aliphatic rings. The lowest BCUT2D eigenvalue weighted by Crippen LogP contribution is -2.40. The summed E-state index contributed by atoms with van der Waals surface area (Å²) in [6.45, 7) is 3.24. The van der Waals surface area contributed by atoms with E-state index in [2.05, 4.69) is 17.1 Å². The molecule has 1 aromatic rings. The molecule has 1 unspecified atom stereocenters. The zero-order chi connectivity index (χ0) is 13.4. The number of nitrogen functional groups attached to an aromatic ring is 1. The number of aryl methyl sites for hydroxylation is 1. The summed E-state index contributed by atoms with van der Waals surface area (Å²) in [5.41, 5.74) is 10.2. The molecule has 19 heavy (non-hydrogen) atoms. The van der Waals surface area contributed by atoms with Crippen molar-refractivity contribution in [1.82, 2.24) is 0 Å². The van der Waals surface area contributed by atoms with Gasteiger partial charge in [-0.2, -0.15) is 11.8 Å². The maximum absolute atomic E-state index is 11.5. The van der Waals surface area contributed by atoms with E-state index < -0.39 is 0 Å². The van der Waals surface area contributed by atoms with Crippen molar-refractivity contribution in [1.29, 1.82) is 0 Å². The number of amides is 1. The summed E-state index contributed by atoms with van der Waals surface area (Å²) in [5.74, 6) is 2.36. The minimum Gasteiger partial charge on any atom is -0.397 e. The molecule has 2 heterocycles. The Kier molecular flexibility index (Phi) is 3.31. The molecule has 1 aromatic carbocycles. The highest BCUT2D eigenvalue weighted by atomic mass is 32.2. The van der Waals surface area contributed by atoms with Gasteiger partial charge in [-0.05, 0) is 31.0 Å². The van der Waals surface area contributed by atoms with Crippen molar-refractivity contribution in [3.63, 3.8) is 0 Å².